The van der Waals surface area contributed by atoms with Crippen LogP contribution in [0.2, 0.25) is 0 Å². The van der Waals surface area contributed by atoms with Gasteiger partial charge in [0.1, 0.15) is 17.1 Å². The van der Waals surface area contributed by atoms with Crippen molar-refractivity contribution in [3.8, 4) is 17.3 Å². The maximum Gasteiger partial charge on any atom is 0.226 e. The van der Waals surface area contributed by atoms with Crippen molar-refractivity contribution in [2.75, 3.05) is 0 Å². The van der Waals surface area contributed by atoms with E-state index >= 15 is 0 Å². The van der Waals surface area contributed by atoms with Crippen molar-refractivity contribution in [2.24, 2.45) is 0 Å². The molecule has 0 saturated heterocycles. The standard InChI is InChI=1S/C58H39N5Si/c1-3-21-41(22-4-1)64(42-23-5-2-6-24-42,43-25-19-20-40(38-43)61-50-32-13-7-26-44(50)45-27-8-14-33-51(45)61)58-59-56(62-52-34-15-9-28-46(52)47-29-10-16-35-53(47)62)39-57(60-58)63-54-36-17-11-30-48(54)49-31-12-18-37-55(49)63/h1-39H. The molecule has 0 amide bonds. The fourth-order valence-electron chi connectivity index (χ4n) is 10.5. The smallest absolute Gasteiger partial charge is 0.226 e. The SMILES string of the molecule is c1ccc([Si](c2ccccc2)(c2cccc(-n3c4ccccc4c4ccccc43)c2)c2nc(-n3c4ccccc4c4ccccc43)cc(-n3c4ccccc4c4ccccc43)n2)cc1. The van der Waals surface area contributed by atoms with Crippen LogP contribution in [0.4, 0.5) is 0 Å². The number of benzene rings is 9. The Morgan fingerprint density at radius 1 is 0.266 bits per heavy atom. The van der Waals surface area contributed by atoms with Crippen molar-refractivity contribution in [3.63, 3.8) is 0 Å². The molecule has 0 spiro atoms. The van der Waals surface area contributed by atoms with Gasteiger partial charge < -0.3 is 4.57 Å². The molecule has 13 rings (SSSR count). The van der Waals surface area contributed by atoms with Gasteiger partial charge in [0.2, 0.25) is 8.07 Å². The Bertz CT molecular complexity index is 3590. The molecule has 300 valence electrons. The molecule has 0 fully saturated rings. The average molecular weight is 834 g/mol. The van der Waals surface area contributed by atoms with E-state index in [4.69, 9.17) is 9.97 Å². The lowest BCUT2D eigenvalue weighted by atomic mass is 10.2. The van der Waals surface area contributed by atoms with E-state index in [1.165, 1.54) is 58.9 Å². The molecule has 0 radical (unpaired) electrons. The van der Waals surface area contributed by atoms with E-state index in [0.717, 1.165) is 44.8 Å². The van der Waals surface area contributed by atoms with Gasteiger partial charge in [-0.3, -0.25) is 9.13 Å². The third-order valence-electron chi connectivity index (χ3n) is 13.2. The minimum Gasteiger partial charge on any atom is -0.309 e. The van der Waals surface area contributed by atoms with Gasteiger partial charge in [0.05, 0.1) is 33.1 Å². The largest absolute Gasteiger partial charge is 0.309 e. The normalized spacial score (nSPS) is 12.1. The molecule has 0 N–H and O–H groups in total. The fraction of sp³-hybridized carbons (Fsp3) is 0. The Hall–Kier alpha value is -8.32. The lowest BCUT2D eigenvalue weighted by Crippen LogP contribution is -2.76. The molecule has 0 aliphatic carbocycles. The highest BCUT2D eigenvalue weighted by molar-refractivity contribution is 7.19. The van der Waals surface area contributed by atoms with E-state index in [0.29, 0.717) is 0 Å². The summed E-state index contributed by atoms with van der Waals surface area (Å²) in [6, 6.07) is 85.7. The van der Waals surface area contributed by atoms with Crippen LogP contribution in [0.15, 0.2) is 237 Å². The van der Waals surface area contributed by atoms with Crippen LogP contribution in [0.25, 0.3) is 82.7 Å². The number of nitrogens with zero attached hydrogens (tertiary/aromatic N) is 5. The maximum absolute atomic E-state index is 5.93. The summed E-state index contributed by atoms with van der Waals surface area (Å²) in [4.78, 5) is 11.9. The van der Waals surface area contributed by atoms with Gasteiger partial charge in [-0.05, 0) is 64.1 Å². The third-order valence-corrected chi connectivity index (χ3v) is 17.7. The Balaban J connectivity index is 1.19. The quantitative estimate of drug-likeness (QED) is 0.119. The van der Waals surface area contributed by atoms with Gasteiger partial charge in [0, 0.05) is 44.1 Å². The summed E-state index contributed by atoms with van der Waals surface area (Å²) >= 11 is 0. The molecular weight excluding hydrogens is 795 g/mol. The Labute approximate surface area is 370 Å². The van der Waals surface area contributed by atoms with Crippen LogP contribution in [-0.2, 0) is 0 Å². The van der Waals surface area contributed by atoms with Crippen LogP contribution >= 0.6 is 0 Å². The first kappa shape index (κ1) is 36.3. The topological polar surface area (TPSA) is 40.6 Å². The van der Waals surface area contributed by atoms with Crippen molar-refractivity contribution in [3.05, 3.63) is 237 Å². The van der Waals surface area contributed by atoms with Gasteiger partial charge in [0.15, 0.2) is 0 Å². The molecule has 0 aliphatic heterocycles. The molecule has 4 heterocycles. The van der Waals surface area contributed by atoms with Crippen molar-refractivity contribution in [1.29, 1.82) is 0 Å². The summed E-state index contributed by atoms with van der Waals surface area (Å²) in [5.74, 6) is 1.64. The summed E-state index contributed by atoms with van der Waals surface area (Å²) in [5, 5.41) is 10.8. The average Bonchev–Trinajstić information content (AvgIpc) is 4.01. The third kappa shape index (κ3) is 5.30. The molecule has 13 aromatic rings. The molecule has 0 bridgehead atoms. The highest BCUT2D eigenvalue weighted by atomic mass is 28.3. The first-order chi connectivity index (χ1) is 31.8. The number of fused-ring (bicyclic) bond motifs is 9. The van der Waals surface area contributed by atoms with Crippen molar-refractivity contribution >= 4 is 94.5 Å². The van der Waals surface area contributed by atoms with Crippen LogP contribution in [0.3, 0.4) is 0 Å². The zero-order valence-corrected chi connectivity index (χ0v) is 35.8. The van der Waals surface area contributed by atoms with E-state index in [-0.39, 0.29) is 0 Å². The Kier molecular flexibility index (Phi) is 8.16. The van der Waals surface area contributed by atoms with E-state index in [1.807, 2.05) is 0 Å². The highest BCUT2D eigenvalue weighted by Gasteiger charge is 2.45. The molecule has 5 nitrogen and oxygen atoms in total. The number of aromatic nitrogens is 5. The second-order valence-corrected chi connectivity index (χ2v) is 20.2. The van der Waals surface area contributed by atoms with E-state index in [1.54, 1.807) is 0 Å². The Morgan fingerprint density at radius 2 is 0.578 bits per heavy atom. The zero-order valence-electron chi connectivity index (χ0n) is 34.8. The number of hydrogen-bond donors (Lipinski definition) is 0. The summed E-state index contributed by atoms with van der Waals surface area (Å²) < 4.78 is 7.11. The van der Waals surface area contributed by atoms with Crippen LogP contribution in [0.5, 0.6) is 0 Å². The van der Waals surface area contributed by atoms with Crippen LogP contribution in [0.1, 0.15) is 0 Å². The highest BCUT2D eigenvalue weighted by Crippen LogP contribution is 2.35. The molecule has 0 saturated carbocycles. The minimum absolute atomic E-state index is 0.806. The fourth-order valence-corrected chi connectivity index (χ4v) is 14.9. The molecule has 64 heavy (non-hydrogen) atoms. The minimum atomic E-state index is -3.40. The van der Waals surface area contributed by atoms with E-state index < -0.39 is 8.07 Å². The predicted octanol–water partition coefficient (Wildman–Crippen LogP) is 11.1. The lowest BCUT2D eigenvalue weighted by Gasteiger charge is -2.33. The lowest BCUT2D eigenvalue weighted by molar-refractivity contribution is 1.01. The maximum atomic E-state index is 5.93. The number of para-hydroxylation sites is 6. The van der Waals surface area contributed by atoms with Crippen LogP contribution in [-0.4, -0.2) is 31.7 Å². The second kappa shape index (κ2) is 14.4. The van der Waals surface area contributed by atoms with Gasteiger partial charge in [-0.1, -0.05) is 182 Å². The van der Waals surface area contributed by atoms with E-state index in [2.05, 4.69) is 250 Å². The summed E-state index contributed by atoms with van der Waals surface area (Å²) in [6.45, 7) is 0. The summed E-state index contributed by atoms with van der Waals surface area (Å²) in [5.41, 5.74) is 8.64. The number of rotatable bonds is 7. The molecule has 9 aromatic carbocycles. The first-order valence-electron chi connectivity index (χ1n) is 21.8. The molecule has 0 aliphatic rings. The first-order valence-corrected chi connectivity index (χ1v) is 23.8. The monoisotopic (exact) mass is 833 g/mol. The summed E-state index contributed by atoms with van der Waals surface area (Å²) in [6.07, 6.45) is 0. The summed E-state index contributed by atoms with van der Waals surface area (Å²) in [7, 11) is -3.40. The van der Waals surface area contributed by atoms with Gasteiger partial charge in [-0.25, -0.2) is 9.97 Å². The Morgan fingerprint density at radius 3 is 0.953 bits per heavy atom. The number of hydrogen-bond acceptors (Lipinski definition) is 2. The van der Waals surface area contributed by atoms with Gasteiger partial charge in [0.25, 0.3) is 0 Å². The predicted molar refractivity (Wildman–Crippen MR) is 269 cm³/mol. The van der Waals surface area contributed by atoms with Gasteiger partial charge in [-0.15, -0.1) is 0 Å². The molecule has 0 atom stereocenters. The second-order valence-electron chi connectivity index (χ2n) is 16.5. The van der Waals surface area contributed by atoms with Gasteiger partial charge in [-0.2, -0.15) is 0 Å². The zero-order chi connectivity index (χ0) is 42.2. The molecule has 6 heteroatoms. The molecular formula is C58H39N5Si. The molecule has 0 unspecified atom stereocenters. The van der Waals surface area contributed by atoms with Crippen molar-refractivity contribution in [1.82, 2.24) is 23.7 Å². The van der Waals surface area contributed by atoms with E-state index in [9.17, 15) is 0 Å². The van der Waals surface area contributed by atoms with Crippen LogP contribution in [0, 0.1) is 0 Å². The van der Waals surface area contributed by atoms with Crippen LogP contribution < -0.4 is 21.0 Å². The molecule has 4 aromatic heterocycles. The van der Waals surface area contributed by atoms with Crippen molar-refractivity contribution in [2.45, 2.75) is 0 Å². The van der Waals surface area contributed by atoms with Gasteiger partial charge >= 0.3 is 0 Å². The van der Waals surface area contributed by atoms with Crippen molar-refractivity contribution < 1.29 is 0 Å².